The summed E-state index contributed by atoms with van der Waals surface area (Å²) in [5.74, 6) is -0.615. The number of hydrogen-bond acceptors (Lipinski definition) is 6. The van der Waals surface area contributed by atoms with Gasteiger partial charge in [-0.1, -0.05) is 59.6 Å². The predicted octanol–water partition coefficient (Wildman–Crippen LogP) is 4.02. The van der Waals surface area contributed by atoms with Crippen LogP contribution < -0.4 is 16.4 Å². The number of ether oxygens (including phenoxy) is 1. The summed E-state index contributed by atoms with van der Waals surface area (Å²) in [6, 6.07) is 3.60. The second kappa shape index (κ2) is 14.4. The van der Waals surface area contributed by atoms with E-state index in [4.69, 9.17) is 33.7 Å². The van der Waals surface area contributed by atoms with Crippen molar-refractivity contribution in [3.63, 3.8) is 0 Å². The van der Waals surface area contributed by atoms with Gasteiger partial charge in [-0.2, -0.15) is 0 Å². The van der Waals surface area contributed by atoms with Gasteiger partial charge in [0.15, 0.2) is 0 Å². The van der Waals surface area contributed by atoms with Crippen molar-refractivity contribution >= 4 is 47.1 Å². The molecule has 0 aromatic carbocycles. The number of aliphatic imine (C=N–C) groups is 1. The molecule has 1 atom stereocenters. The largest absolute Gasteiger partial charge is 0.381 e. The molecule has 1 aromatic heterocycles. The van der Waals surface area contributed by atoms with Gasteiger partial charge in [-0.3, -0.25) is 19.6 Å². The maximum Gasteiger partial charge on any atom is 0.246 e. The lowest BCUT2D eigenvalue weighted by Gasteiger charge is -2.34. The topological polar surface area (TPSA) is 136 Å². The number of hydrogen-bond donors (Lipinski definition) is 3. The number of nitrogens with zero attached hydrogens (tertiary/aromatic N) is 2. The zero-order valence-electron chi connectivity index (χ0n) is 23.0. The van der Waals surface area contributed by atoms with Crippen molar-refractivity contribution in [1.29, 1.82) is 0 Å². The van der Waals surface area contributed by atoms with Gasteiger partial charge in [0.1, 0.15) is 18.7 Å². The Morgan fingerprint density at radius 2 is 1.93 bits per heavy atom. The van der Waals surface area contributed by atoms with E-state index in [2.05, 4.69) is 20.6 Å². The molecule has 0 spiro atoms. The highest BCUT2D eigenvalue weighted by Crippen LogP contribution is 2.33. The van der Waals surface area contributed by atoms with Crippen molar-refractivity contribution in [3.05, 3.63) is 100 Å². The summed E-state index contributed by atoms with van der Waals surface area (Å²) in [6.07, 6.45) is 20.5. The minimum Gasteiger partial charge on any atom is -0.381 e. The van der Waals surface area contributed by atoms with Gasteiger partial charge in [0, 0.05) is 49.2 Å². The van der Waals surface area contributed by atoms with Gasteiger partial charge in [0.25, 0.3) is 0 Å². The van der Waals surface area contributed by atoms with Crippen LogP contribution in [0.1, 0.15) is 37.7 Å². The summed E-state index contributed by atoms with van der Waals surface area (Å²) < 4.78 is 5.44. The lowest BCUT2D eigenvalue weighted by Crippen LogP contribution is -2.54. The van der Waals surface area contributed by atoms with Crippen LogP contribution >= 0.6 is 23.2 Å². The lowest BCUT2D eigenvalue weighted by atomic mass is 9.74. The monoisotopic (exact) mass is 609 g/mol. The fraction of sp³-hybridized carbons (Fsp3) is 0.323. The quantitative estimate of drug-likeness (QED) is 0.231. The number of rotatable bonds is 8. The molecule has 220 valence electrons. The number of aldehydes is 1. The van der Waals surface area contributed by atoms with Crippen LogP contribution in [0.4, 0.5) is 0 Å². The van der Waals surface area contributed by atoms with Gasteiger partial charge in [-0.05, 0) is 49.1 Å². The second-order valence-electron chi connectivity index (χ2n) is 10.2. The zero-order valence-corrected chi connectivity index (χ0v) is 24.5. The van der Waals surface area contributed by atoms with Crippen molar-refractivity contribution in [2.45, 2.75) is 43.1 Å². The molecule has 1 fully saturated rings. The molecule has 4 N–H and O–H groups in total. The van der Waals surface area contributed by atoms with Gasteiger partial charge < -0.3 is 25.9 Å². The van der Waals surface area contributed by atoms with Crippen LogP contribution in [0, 0.1) is 0 Å². The molecule has 4 rings (SSSR count). The summed E-state index contributed by atoms with van der Waals surface area (Å²) in [4.78, 5) is 46.6. The van der Waals surface area contributed by atoms with E-state index in [0.717, 1.165) is 11.8 Å². The lowest BCUT2D eigenvalue weighted by molar-refractivity contribution is -0.123. The van der Waals surface area contributed by atoms with Gasteiger partial charge >= 0.3 is 0 Å². The smallest absolute Gasteiger partial charge is 0.246 e. The minimum absolute atomic E-state index is 0.249. The summed E-state index contributed by atoms with van der Waals surface area (Å²) in [5, 5.41) is 6.79. The van der Waals surface area contributed by atoms with E-state index in [0.29, 0.717) is 66.7 Å². The number of nitrogens with one attached hydrogen (secondary N) is 2. The van der Waals surface area contributed by atoms with Crippen LogP contribution in [-0.2, 0) is 24.5 Å². The van der Waals surface area contributed by atoms with Crippen LogP contribution in [0.2, 0.25) is 0 Å². The number of amidine groups is 1. The summed E-state index contributed by atoms with van der Waals surface area (Å²) in [7, 11) is 0. The number of allylic oxidation sites excluding steroid dienone is 9. The van der Waals surface area contributed by atoms with E-state index in [1.165, 1.54) is 0 Å². The molecule has 11 heteroatoms. The molecule has 2 aliphatic carbocycles. The maximum absolute atomic E-state index is 13.1. The predicted molar refractivity (Wildman–Crippen MR) is 164 cm³/mol. The molecule has 0 saturated carbocycles. The first kappa shape index (κ1) is 31.2. The Balaban J connectivity index is 1.54. The van der Waals surface area contributed by atoms with Crippen molar-refractivity contribution in [2.24, 2.45) is 10.7 Å². The highest BCUT2D eigenvalue weighted by Gasteiger charge is 2.37. The van der Waals surface area contributed by atoms with E-state index < -0.39 is 22.8 Å². The third kappa shape index (κ3) is 7.53. The van der Waals surface area contributed by atoms with Crippen molar-refractivity contribution in [1.82, 2.24) is 15.6 Å². The molecule has 0 unspecified atom stereocenters. The molecular weight excluding hydrogens is 577 g/mol. The summed E-state index contributed by atoms with van der Waals surface area (Å²) >= 11 is 13.1. The molecule has 2 heterocycles. The van der Waals surface area contributed by atoms with E-state index in [9.17, 15) is 14.4 Å². The molecule has 1 saturated heterocycles. The Morgan fingerprint density at radius 3 is 2.64 bits per heavy atom. The van der Waals surface area contributed by atoms with E-state index in [1.807, 2.05) is 18.2 Å². The van der Waals surface area contributed by atoms with Crippen molar-refractivity contribution in [3.8, 4) is 0 Å². The molecular formula is C31H33Cl2N5O4. The number of amides is 2. The number of primary amides is 1. The molecule has 9 nitrogen and oxygen atoms in total. The van der Waals surface area contributed by atoms with Gasteiger partial charge in [-0.25, -0.2) is 0 Å². The van der Waals surface area contributed by atoms with Crippen LogP contribution in [0.15, 0.2) is 99.5 Å². The van der Waals surface area contributed by atoms with Crippen molar-refractivity contribution < 1.29 is 19.1 Å². The first-order chi connectivity index (χ1) is 20.3. The van der Waals surface area contributed by atoms with E-state index in [1.54, 1.807) is 54.9 Å². The average Bonchev–Trinajstić information content (AvgIpc) is 3.08. The fourth-order valence-corrected chi connectivity index (χ4v) is 5.53. The number of carbonyl (C=O) groups excluding carboxylic acids is 3. The Hall–Kier alpha value is -3.79. The zero-order chi connectivity index (χ0) is 30.0. The molecule has 3 aliphatic rings. The molecule has 1 aromatic rings. The molecule has 42 heavy (non-hydrogen) atoms. The van der Waals surface area contributed by atoms with Gasteiger partial charge in [0.2, 0.25) is 11.8 Å². The standard InChI is InChI=1S/C31H33Cl2N5O4/c32-24-10-1-2-11-25(33)27(24)28(38-30(21-39)14-17-42-18-15-30)36-20-26(40)37-23-8-3-4-12-31(29(34)41,13-5-9-23)22-7-6-16-35-19-22/h1,3-11,16,19,21H,2,12-15,17-18,20H2,(H2,34,41)(H,36,38)(H,37,40)/b4-3+,9-5+,23-8+/t31-/m1/s1. The average molecular weight is 611 g/mol. The van der Waals surface area contributed by atoms with Crippen LogP contribution in [0.3, 0.4) is 0 Å². The first-order valence-corrected chi connectivity index (χ1v) is 14.4. The Morgan fingerprint density at radius 1 is 1.14 bits per heavy atom. The van der Waals surface area contributed by atoms with Crippen molar-refractivity contribution in [2.75, 3.05) is 19.8 Å². The third-order valence-corrected chi connectivity index (χ3v) is 8.04. The van der Waals surface area contributed by atoms with Gasteiger partial charge in [-0.15, -0.1) is 0 Å². The number of pyridine rings is 1. The maximum atomic E-state index is 13.1. The highest BCUT2D eigenvalue weighted by atomic mass is 35.5. The minimum atomic E-state index is -0.967. The summed E-state index contributed by atoms with van der Waals surface area (Å²) in [5.41, 5.74) is 5.61. The van der Waals surface area contributed by atoms with E-state index >= 15 is 0 Å². The van der Waals surface area contributed by atoms with Crippen LogP contribution in [0.5, 0.6) is 0 Å². The highest BCUT2D eigenvalue weighted by molar-refractivity contribution is 6.41. The number of carbonyl (C=O) groups is 3. The Labute approximate surface area is 255 Å². The number of halogens is 2. The van der Waals surface area contributed by atoms with E-state index in [-0.39, 0.29) is 12.4 Å². The molecule has 0 bridgehead atoms. The number of nitrogens with two attached hydrogens (primary N) is 1. The SMILES string of the molecule is NC(=O)[C@]1(c2cccnc2)C/C=C/C=C(NC(=O)CN=C(NC2(C=O)CCOCC2)C2=C(Cl)C=CCC=C2Cl)\C=C\C1. The Kier molecular flexibility index (Phi) is 10.7. The van der Waals surface area contributed by atoms with Gasteiger partial charge in [0.05, 0.1) is 21.6 Å². The number of aromatic nitrogens is 1. The first-order valence-electron chi connectivity index (χ1n) is 13.6. The molecule has 2 amide bonds. The normalized spacial score (nSPS) is 25.3. The molecule has 1 aliphatic heterocycles. The van der Waals surface area contributed by atoms with Crippen LogP contribution in [0.25, 0.3) is 0 Å². The third-order valence-electron chi connectivity index (χ3n) is 7.38. The molecule has 0 radical (unpaired) electrons. The summed E-state index contributed by atoms with van der Waals surface area (Å²) in [6.45, 7) is 0.536. The fourth-order valence-electron chi connectivity index (χ4n) is 4.92. The second-order valence-corrected chi connectivity index (χ2v) is 11.0. The van der Waals surface area contributed by atoms with Crippen LogP contribution in [-0.4, -0.2) is 54.2 Å². The Bertz CT molecular complexity index is 1410.